The van der Waals surface area contributed by atoms with Crippen LogP contribution >= 0.6 is 0 Å². The number of aromatic nitrogens is 2. The summed E-state index contributed by atoms with van der Waals surface area (Å²) in [6, 6.07) is 15.8. The lowest BCUT2D eigenvalue weighted by Crippen LogP contribution is -2.26. The number of benzene rings is 2. The van der Waals surface area contributed by atoms with Crippen LogP contribution < -0.4 is 10.1 Å². The van der Waals surface area contributed by atoms with Gasteiger partial charge in [0, 0.05) is 19.4 Å². The van der Waals surface area contributed by atoms with Gasteiger partial charge in [0.05, 0.1) is 17.6 Å². The van der Waals surface area contributed by atoms with Gasteiger partial charge in [-0.1, -0.05) is 24.3 Å². The van der Waals surface area contributed by atoms with Crippen molar-refractivity contribution in [3.8, 4) is 5.75 Å². The smallest absolute Gasteiger partial charge is 0.220 e. The first kappa shape index (κ1) is 17.0. The average Bonchev–Trinajstić information content (AvgIpc) is 3.01. The number of nitrogens with zero attached hydrogens (tertiary/aromatic N) is 1. The third-order valence-corrected chi connectivity index (χ3v) is 3.93. The van der Waals surface area contributed by atoms with Gasteiger partial charge in [0.1, 0.15) is 11.6 Å². The standard InChI is InChI=1S/C20H23N3O2/c1-15-6-4-7-16(14-15)25-13-5-10-20(24)21-12-11-19-22-17-8-2-3-9-18(17)23-19/h2-4,6-9,14H,5,10-13H2,1H3,(H,21,24)(H,22,23). The predicted octanol–water partition coefficient (Wildman–Crippen LogP) is 3.39. The Kier molecular flexibility index (Phi) is 5.67. The molecule has 0 aliphatic heterocycles. The molecule has 2 aromatic carbocycles. The molecule has 0 aliphatic carbocycles. The topological polar surface area (TPSA) is 67.0 Å². The van der Waals surface area contributed by atoms with E-state index in [1.54, 1.807) is 0 Å². The molecule has 130 valence electrons. The highest BCUT2D eigenvalue weighted by molar-refractivity contribution is 5.76. The third kappa shape index (κ3) is 5.08. The highest BCUT2D eigenvalue weighted by Gasteiger charge is 2.04. The highest BCUT2D eigenvalue weighted by atomic mass is 16.5. The van der Waals surface area contributed by atoms with E-state index in [2.05, 4.69) is 15.3 Å². The van der Waals surface area contributed by atoms with E-state index in [1.165, 1.54) is 5.56 Å². The van der Waals surface area contributed by atoms with Crippen molar-refractivity contribution >= 4 is 16.9 Å². The van der Waals surface area contributed by atoms with Crippen LogP contribution in [0.5, 0.6) is 5.75 Å². The number of carbonyl (C=O) groups excluding carboxylic acids is 1. The van der Waals surface area contributed by atoms with Gasteiger partial charge in [0.25, 0.3) is 0 Å². The van der Waals surface area contributed by atoms with Gasteiger partial charge in [-0.3, -0.25) is 4.79 Å². The van der Waals surface area contributed by atoms with E-state index in [0.717, 1.165) is 22.6 Å². The fraction of sp³-hybridized carbons (Fsp3) is 0.300. The first-order valence-corrected chi connectivity index (χ1v) is 8.60. The number of carbonyl (C=O) groups is 1. The van der Waals surface area contributed by atoms with Crippen LogP contribution in [0.15, 0.2) is 48.5 Å². The first-order valence-electron chi connectivity index (χ1n) is 8.60. The molecule has 25 heavy (non-hydrogen) atoms. The lowest BCUT2D eigenvalue weighted by molar-refractivity contribution is -0.121. The van der Waals surface area contributed by atoms with Crippen LogP contribution in [0.2, 0.25) is 0 Å². The molecule has 3 rings (SSSR count). The summed E-state index contributed by atoms with van der Waals surface area (Å²) in [5, 5.41) is 2.93. The Morgan fingerprint density at radius 1 is 1.20 bits per heavy atom. The van der Waals surface area contributed by atoms with Gasteiger partial charge in [-0.25, -0.2) is 4.98 Å². The molecule has 0 atom stereocenters. The van der Waals surface area contributed by atoms with Crippen LogP contribution in [0.3, 0.4) is 0 Å². The quantitative estimate of drug-likeness (QED) is 0.619. The molecule has 0 unspecified atom stereocenters. The van der Waals surface area contributed by atoms with Crippen LogP contribution in [0, 0.1) is 6.92 Å². The maximum absolute atomic E-state index is 11.9. The summed E-state index contributed by atoms with van der Waals surface area (Å²) in [4.78, 5) is 19.6. The molecular weight excluding hydrogens is 314 g/mol. The summed E-state index contributed by atoms with van der Waals surface area (Å²) < 4.78 is 5.65. The van der Waals surface area contributed by atoms with E-state index in [1.807, 2.05) is 55.5 Å². The molecule has 0 bridgehead atoms. The van der Waals surface area contributed by atoms with Crippen LogP contribution in [0.1, 0.15) is 24.2 Å². The van der Waals surface area contributed by atoms with E-state index in [4.69, 9.17) is 4.74 Å². The van der Waals surface area contributed by atoms with Crippen molar-refractivity contribution in [1.29, 1.82) is 0 Å². The second-order valence-corrected chi connectivity index (χ2v) is 6.07. The molecular formula is C20H23N3O2. The van der Waals surface area contributed by atoms with Gasteiger partial charge in [-0.05, 0) is 43.2 Å². The summed E-state index contributed by atoms with van der Waals surface area (Å²) in [6.07, 6.45) is 1.86. The molecule has 0 aliphatic rings. The minimum Gasteiger partial charge on any atom is -0.494 e. The Labute approximate surface area is 147 Å². The summed E-state index contributed by atoms with van der Waals surface area (Å²) in [6.45, 7) is 3.15. The second kappa shape index (κ2) is 8.33. The van der Waals surface area contributed by atoms with Crippen LogP contribution in [-0.4, -0.2) is 29.0 Å². The number of ether oxygens (including phenoxy) is 1. The number of H-pyrrole nitrogens is 1. The van der Waals surface area contributed by atoms with Crippen molar-refractivity contribution in [1.82, 2.24) is 15.3 Å². The number of imidazole rings is 1. The minimum atomic E-state index is 0.0453. The number of para-hydroxylation sites is 2. The highest BCUT2D eigenvalue weighted by Crippen LogP contribution is 2.13. The maximum Gasteiger partial charge on any atom is 0.220 e. The third-order valence-electron chi connectivity index (χ3n) is 3.93. The minimum absolute atomic E-state index is 0.0453. The normalized spacial score (nSPS) is 10.8. The van der Waals surface area contributed by atoms with Gasteiger partial charge in [0.2, 0.25) is 5.91 Å². The number of fused-ring (bicyclic) bond motifs is 1. The van der Waals surface area contributed by atoms with E-state index < -0.39 is 0 Å². The van der Waals surface area contributed by atoms with Gasteiger partial charge in [-0.2, -0.15) is 0 Å². The summed E-state index contributed by atoms with van der Waals surface area (Å²) >= 11 is 0. The SMILES string of the molecule is Cc1cccc(OCCCC(=O)NCCc2nc3ccccc3[nH]2)c1. The molecule has 0 spiro atoms. The number of aryl methyl sites for hydroxylation is 1. The van der Waals surface area contributed by atoms with Gasteiger partial charge < -0.3 is 15.0 Å². The second-order valence-electron chi connectivity index (χ2n) is 6.07. The Hall–Kier alpha value is -2.82. The Balaban J connectivity index is 1.32. The fourth-order valence-electron chi connectivity index (χ4n) is 2.66. The molecule has 1 amide bonds. The van der Waals surface area contributed by atoms with E-state index >= 15 is 0 Å². The molecule has 0 radical (unpaired) electrons. The molecule has 0 fully saturated rings. The van der Waals surface area contributed by atoms with Crippen LogP contribution in [0.4, 0.5) is 0 Å². The van der Waals surface area contributed by atoms with Gasteiger partial charge in [-0.15, -0.1) is 0 Å². The van der Waals surface area contributed by atoms with Gasteiger partial charge in [0.15, 0.2) is 0 Å². The lowest BCUT2D eigenvalue weighted by Gasteiger charge is -2.07. The summed E-state index contributed by atoms with van der Waals surface area (Å²) in [5.41, 5.74) is 3.15. The fourth-order valence-corrected chi connectivity index (χ4v) is 2.66. The van der Waals surface area contributed by atoms with E-state index in [9.17, 15) is 4.79 Å². The molecule has 5 nitrogen and oxygen atoms in total. The monoisotopic (exact) mass is 337 g/mol. The zero-order valence-electron chi connectivity index (χ0n) is 14.4. The van der Waals surface area contributed by atoms with Crippen LogP contribution in [0.25, 0.3) is 11.0 Å². The van der Waals surface area contributed by atoms with Crippen molar-refractivity contribution < 1.29 is 9.53 Å². The number of hydrogen-bond acceptors (Lipinski definition) is 3. The molecule has 5 heteroatoms. The molecule has 0 saturated carbocycles. The largest absolute Gasteiger partial charge is 0.494 e. The Bertz CT molecular complexity index is 809. The van der Waals surface area contributed by atoms with Gasteiger partial charge >= 0.3 is 0 Å². The molecule has 2 N–H and O–H groups in total. The number of hydrogen-bond donors (Lipinski definition) is 2. The maximum atomic E-state index is 11.9. The number of aromatic amines is 1. The molecule has 0 saturated heterocycles. The lowest BCUT2D eigenvalue weighted by atomic mass is 10.2. The van der Waals surface area contributed by atoms with E-state index in [0.29, 0.717) is 32.4 Å². The van der Waals surface area contributed by atoms with Crippen molar-refractivity contribution in [3.05, 3.63) is 59.9 Å². The van der Waals surface area contributed by atoms with Crippen LogP contribution in [-0.2, 0) is 11.2 Å². The van der Waals surface area contributed by atoms with E-state index in [-0.39, 0.29) is 5.91 Å². The van der Waals surface area contributed by atoms with Crippen molar-refractivity contribution in [3.63, 3.8) is 0 Å². The molecule has 1 aromatic heterocycles. The average molecular weight is 337 g/mol. The van der Waals surface area contributed by atoms with Crippen molar-refractivity contribution in [2.45, 2.75) is 26.2 Å². The summed E-state index contributed by atoms with van der Waals surface area (Å²) in [7, 11) is 0. The van der Waals surface area contributed by atoms with Crippen molar-refractivity contribution in [2.24, 2.45) is 0 Å². The number of rotatable bonds is 8. The number of nitrogens with one attached hydrogen (secondary N) is 2. The number of amides is 1. The predicted molar refractivity (Wildman–Crippen MR) is 98.7 cm³/mol. The zero-order chi connectivity index (χ0) is 17.5. The summed E-state index contributed by atoms with van der Waals surface area (Å²) in [5.74, 6) is 1.79. The molecule has 3 aromatic rings. The molecule has 1 heterocycles. The Morgan fingerprint density at radius 3 is 2.92 bits per heavy atom. The zero-order valence-corrected chi connectivity index (χ0v) is 14.4. The Morgan fingerprint density at radius 2 is 2.08 bits per heavy atom. The first-order chi connectivity index (χ1) is 12.2. The van der Waals surface area contributed by atoms with Crippen molar-refractivity contribution in [2.75, 3.05) is 13.2 Å².